The van der Waals surface area contributed by atoms with Crippen molar-refractivity contribution < 1.29 is 9.18 Å². The zero-order chi connectivity index (χ0) is 10.8. The number of nitrogens with one attached hydrogen (secondary N) is 1. The van der Waals surface area contributed by atoms with Crippen molar-refractivity contribution in [2.24, 2.45) is 0 Å². The van der Waals surface area contributed by atoms with Crippen LogP contribution in [0.1, 0.15) is 30.0 Å². The molecule has 3 heteroatoms. The molecule has 0 spiro atoms. The summed E-state index contributed by atoms with van der Waals surface area (Å²) in [7, 11) is 0. The number of Topliss-reactive ketones (excluding diaryl/α,β-unsaturated/α-hetero) is 1. The molecule has 0 aromatic heterocycles. The van der Waals surface area contributed by atoms with E-state index >= 15 is 0 Å². The topological polar surface area (TPSA) is 29.1 Å². The maximum Gasteiger partial charge on any atom is 0.136 e. The van der Waals surface area contributed by atoms with Crippen molar-refractivity contribution in [1.29, 1.82) is 0 Å². The molecule has 2 nitrogen and oxygen atoms in total. The van der Waals surface area contributed by atoms with E-state index in [1.165, 1.54) is 12.1 Å². The van der Waals surface area contributed by atoms with E-state index in [1.54, 1.807) is 6.07 Å². The molecule has 1 aromatic carbocycles. The highest BCUT2D eigenvalue weighted by Crippen LogP contribution is 2.24. The number of carbonyl (C=O) groups excluding carboxylic acids is 1. The molecular formula is C12H14FNO. The summed E-state index contributed by atoms with van der Waals surface area (Å²) in [4.78, 5) is 11.3. The van der Waals surface area contributed by atoms with Crippen molar-refractivity contribution in [1.82, 2.24) is 5.32 Å². The molecule has 0 amide bonds. The second-order valence-electron chi connectivity index (χ2n) is 4.00. The van der Waals surface area contributed by atoms with Crippen LogP contribution < -0.4 is 5.32 Å². The van der Waals surface area contributed by atoms with Gasteiger partial charge in [0.1, 0.15) is 11.6 Å². The highest BCUT2D eigenvalue weighted by Gasteiger charge is 2.21. The van der Waals surface area contributed by atoms with E-state index in [1.807, 2.05) is 6.92 Å². The molecule has 2 rings (SSSR count). The highest BCUT2D eigenvalue weighted by molar-refractivity contribution is 5.80. The standard InChI is InChI=1S/C12H14FNO/c1-8-6-9(13)2-3-11(8)12-7-10(15)4-5-14-12/h2-3,6,12,14H,4-5,7H2,1H3/t12-/m0/s1. The summed E-state index contributed by atoms with van der Waals surface area (Å²) < 4.78 is 12.9. The van der Waals surface area contributed by atoms with Gasteiger partial charge in [0.2, 0.25) is 0 Å². The molecule has 0 saturated carbocycles. The Balaban J connectivity index is 2.24. The van der Waals surface area contributed by atoms with Gasteiger partial charge < -0.3 is 5.32 Å². The lowest BCUT2D eigenvalue weighted by molar-refractivity contribution is -0.120. The highest BCUT2D eigenvalue weighted by atomic mass is 19.1. The van der Waals surface area contributed by atoms with Crippen LogP contribution in [0.25, 0.3) is 0 Å². The van der Waals surface area contributed by atoms with Crippen molar-refractivity contribution in [2.45, 2.75) is 25.8 Å². The summed E-state index contributed by atoms with van der Waals surface area (Å²) in [6.45, 7) is 2.60. The number of halogens is 1. The van der Waals surface area contributed by atoms with E-state index in [4.69, 9.17) is 0 Å². The molecule has 15 heavy (non-hydrogen) atoms. The average molecular weight is 207 g/mol. The monoisotopic (exact) mass is 207 g/mol. The van der Waals surface area contributed by atoms with Crippen LogP contribution in [0.3, 0.4) is 0 Å². The maximum absolute atomic E-state index is 12.9. The van der Waals surface area contributed by atoms with Crippen LogP contribution in [0, 0.1) is 12.7 Å². The number of piperidine rings is 1. The van der Waals surface area contributed by atoms with Gasteiger partial charge in [-0.2, -0.15) is 0 Å². The normalized spacial score (nSPS) is 21.7. The Morgan fingerprint density at radius 3 is 2.93 bits per heavy atom. The van der Waals surface area contributed by atoms with Crippen LogP contribution >= 0.6 is 0 Å². The Labute approximate surface area is 88.5 Å². The summed E-state index contributed by atoms with van der Waals surface area (Å²) in [5.41, 5.74) is 1.94. The van der Waals surface area contributed by atoms with Gasteiger partial charge in [0.25, 0.3) is 0 Å². The number of benzene rings is 1. The van der Waals surface area contributed by atoms with E-state index in [0.717, 1.165) is 17.7 Å². The van der Waals surface area contributed by atoms with Gasteiger partial charge in [0.05, 0.1) is 0 Å². The molecule has 1 aliphatic rings. The minimum Gasteiger partial charge on any atom is -0.309 e. The number of rotatable bonds is 1. The Morgan fingerprint density at radius 1 is 1.47 bits per heavy atom. The van der Waals surface area contributed by atoms with E-state index in [0.29, 0.717) is 12.8 Å². The second kappa shape index (κ2) is 4.11. The summed E-state index contributed by atoms with van der Waals surface area (Å²) in [5, 5.41) is 3.28. The van der Waals surface area contributed by atoms with E-state index in [9.17, 15) is 9.18 Å². The van der Waals surface area contributed by atoms with Crippen molar-refractivity contribution in [3.05, 3.63) is 35.1 Å². The van der Waals surface area contributed by atoms with Crippen molar-refractivity contribution in [2.75, 3.05) is 6.54 Å². The Hall–Kier alpha value is -1.22. The molecule has 1 aromatic rings. The molecule has 1 heterocycles. The van der Waals surface area contributed by atoms with Gasteiger partial charge in [-0.25, -0.2) is 4.39 Å². The van der Waals surface area contributed by atoms with Gasteiger partial charge in [0.15, 0.2) is 0 Å². The van der Waals surface area contributed by atoms with Gasteiger partial charge in [-0.1, -0.05) is 6.07 Å². The van der Waals surface area contributed by atoms with Crippen molar-refractivity contribution in [3.8, 4) is 0 Å². The molecule has 1 aliphatic heterocycles. The quantitative estimate of drug-likeness (QED) is 0.764. The lowest BCUT2D eigenvalue weighted by atomic mass is 9.93. The molecule has 1 fully saturated rings. The fourth-order valence-electron chi connectivity index (χ4n) is 2.04. The van der Waals surface area contributed by atoms with Crippen LogP contribution in [0.15, 0.2) is 18.2 Å². The number of carbonyl (C=O) groups is 1. The maximum atomic E-state index is 12.9. The van der Waals surface area contributed by atoms with Gasteiger partial charge in [-0.05, 0) is 30.2 Å². The SMILES string of the molecule is Cc1cc(F)ccc1[C@@H]1CC(=O)CCN1. The van der Waals surface area contributed by atoms with Crippen molar-refractivity contribution >= 4 is 5.78 Å². The Bertz CT molecular complexity index is 389. The van der Waals surface area contributed by atoms with Crippen LogP contribution in [-0.2, 0) is 4.79 Å². The molecule has 0 bridgehead atoms. The van der Waals surface area contributed by atoms with Gasteiger partial charge in [-0.3, -0.25) is 4.79 Å². The molecule has 0 aliphatic carbocycles. The van der Waals surface area contributed by atoms with Crippen LogP contribution in [0.2, 0.25) is 0 Å². The van der Waals surface area contributed by atoms with Crippen LogP contribution in [0.5, 0.6) is 0 Å². The first kappa shape index (κ1) is 10.3. The number of aryl methyl sites for hydroxylation is 1. The van der Waals surface area contributed by atoms with Crippen molar-refractivity contribution in [3.63, 3.8) is 0 Å². The first-order valence-corrected chi connectivity index (χ1v) is 5.18. The number of hydrogen-bond donors (Lipinski definition) is 1. The third-order valence-electron chi connectivity index (χ3n) is 2.83. The first-order valence-electron chi connectivity index (χ1n) is 5.18. The van der Waals surface area contributed by atoms with Gasteiger partial charge in [0, 0.05) is 25.4 Å². The minimum atomic E-state index is -0.224. The average Bonchev–Trinajstić information content (AvgIpc) is 2.17. The first-order chi connectivity index (χ1) is 7.16. The third kappa shape index (κ3) is 2.23. The lowest BCUT2D eigenvalue weighted by Crippen LogP contribution is -2.32. The lowest BCUT2D eigenvalue weighted by Gasteiger charge is -2.24. The Morgan fingerprint density at radius 2 is 2.27 bits per heavy atom. The van der Waals surface area contributed by atoms with Gasteiger partial charge in [-0.15, -0.1) is 0 Å². The second-order valence-corrected chi connectivity index (χ2v) is 4.00. The predicted octanol–water partition coefficient (Wildman–Crippen LogP) is 2.13. The summed E-state index contributed by atoms with van der Waals surface area (Å²) in [5.74, 6) is 0.0564. The van der Waals surface area contributed by atoms with E-state index in [2.05, 4.69) is 5.32 Å². The summed E-state index contributed by atoms with van der Waals surface area (Å²) in [6.07, 6.45) is 1.13. The zero-order valence-corrected chi connectivity index (χ0v) is 8.72. The molecule has 80 valence electrons. The fraction of sp³-hybridized carbons (Fsp3) is 0.417. The molecular weight excluding hydrogens is 193 g/mol. The predicted molar refractivity (Wildman–Crippen MR) is 56.1 cm³/mol. The summed E-state index contributed by atoms with van der Waals surface area (Å²) in [6, 6.07) is 4.78. The van der Waals surface area contributed by atoms with E-state index in [-0.39, 0.29) is 17.6 Å². The number of hydrogen-bond acceptors (Lipinski definition) is 2. The molecule has 1 atom stereocenters. The minimum absolute atomic E-state index is 0.0619. The zero-order valence-electron chi connectivity index (χ0n) is 8.72. The number of ketones is 1. The van der Waals surface area contributed by atoms with Crippen LogP contribution in [-0.4, -0.2) is 12.3 Å². The van der Waals surface area contributed by atoms with Crippen LogP contribution in [0.4, 0.5) is 4.39 Å². The fourth-order valence-corrected chi connectivity index (χ4v) is 2.04. The van der Waals surface area contributed by atoms with Gasteiger partial charge >= 0.3 is 0 Å². The largest absolute Gasteiger partial charge is 0.309 e. The Kier molecular flexibility index (Phi) is 2.82. The van der Waals surface area contributed by atoms with E-state index < -0.39 is 0 Å². The third-order valence-corrected chi connectivity index (χ3v) is 2.83. The molecule has 0 radical (unpaired) electrons. The summed E-state index contributed by atoms with van der Waals surface area (Å²) >= 11 is 0. The molecule has 0 unspecified atom stereocenters. The molecule has 1 saturated heterocycles. The smallest absolute Gasteiger partial charge is 0.136 e. The molecule has 1 N–H and O–H groups in total.